The molecule has 1 heterocycles. The average molecular weight is 294 g/mol. The summed E-state index contributed by atoms with van der Waals surface area (Å²) in [5.41, 5.74) is 0.444. The number of pyridine rings is 1. The van der Waals surface area contributed by atoms with E-state index in [9.17, 15) is 13.2 Å². The van der Waals surface area contributed by atoms with Gasteiger partial charge in [-0.05, 0) is 37.6 Å². The first-order chi connectivity index (χ1) is 9.89. The zero-order chi connectivity index (χ0) is 15.5. The van der Waals surface area contributed by atoms with Gasteiger partial charge in [-0.2, -0.15) is 13.2 Å². The summed E-state index contributed by atoms with van der Waals surface area (Å²) in [4.78, 5) is 4.21. The highest BCUT2D eigenvalue weighted by Gasteiger charge is 2.34. The van der Waals surface area contributed by atoms with Crippen molar-refractivity contribution in [1.82, 2.24) is 10.3 Å². The van der Waals surface area contributed by atoms with Gasteiger partial charge in [-0.3, -0.25) is 4.98 Å². The third kappa shape index (κ3) is 3.82. The maximum Gasteiger partial charge on any atom is 0.416 e. The molecule has 2 aromatic rings. The van der Waals surface area contributed by atoms with E-state index in [2.05, 4.69) is 10.3 Å². The van der Waals surface area contributed by atoms with Gasteiger partial charge >= 0.3 is 6.18 Å². The third-order valence-electron chi connectivity index (χ3n) is 3.36. The first kappa shape index (κ1) is 15.5. The van der Waals surface area contributed by atoms with Gasteiger partial charge in [-0.25, -0.2) is 0 Å². The molecule has 1 N–H and O–H groups in total. The van der Waals surface area contributed by atoms with Gasteiger partial charge in [0, 0.05) is 18.3 Å². The van der Waals surface area contributed by atoms with E-state index in [1.54, 1.807) is 25.3 Å². The standard InChI is InChI=1S/C16H17F3N2/c1-11(21-12(2)15-9-5-6-10-20-15)13-7-3-4-8-14(13)16(17,18)19/h3-12,21H,1-2H3/t11?,12-/m0/s1. The van der Waals surface area contributed by atoms with Crippen molar-refractivity contribution in [3.8, 4) is 0 Å². The SMILES string of the molecule is CC(N[C@@H](C)c1ccccn1)c1ccccc1C(F)(F)F. The molecule has 112 valence electrons. The fourth-order valence-corrected chi connectivity index (χ4v) is 2.32. The van der Waals surface area contributed by atoms with Crippen LogP contribution in [0.3, 0.4) is 0 Å². The highest BCUT2D eigenvalue weighted by molar-refractivity contribution is 5.32. The first-order valence-electron chi connectivity index (χ1n) is 6.72. The van der Waals surface area contributed by atoms with E-state index >= 15 is 0 Å². The molecule has 0 bridgehead atoms. The Morgan fingerprint density at radius 2 is 1.62 bits per heavy atom. The van der Waals surface area contributed by atoms with Crippen LogP contribution >= 0.6 is 0 Å². The Morgan fingerprint density at radius 3 is 2.24 bits per heavy atom. The number of aromatic nitrogens is 1. The van der Waals surface area contributed by atoms with Gasteiger partial charge < -0.3 is 5.32 Å². The lowest BCUT2D eigenvalue weighted by Crippen LogP contribution is -2.25. The predicted octanol–water partition coefficient (Wildman–Crippen LogP) is 4.51. The number of alkyl halides is 3. The molecule has 2 rings (SSSR count). The van der Waals surface area contributed by atoms with Gasteiger partial charge in [0.25, 0.3) is 0 Å². The second kappa shape index (κ2) is 6.26. The molecule has 0 aliphatic rings. The Hall–Kier alpha value is -1.88. The van der Waals surface area contributed by atoms with Gasteiger partial charge in [-0.15, -0.1) is 0 Å². The summed E-state index contributed by atoms with van der Waals surface area (Å²) >= 11 is 0. The molecule has 5 heteroatoms. The van der Waals surface area contributed by atoms with Gasteiger partial charge in [-0.1, -0.05) is 24.3 Å². The smallest absolute Gasteiger partial charge is 0.302 e. The van der Waals surface area contributed by atoms with Crippen molar-refractivity contribution in [3.05, 3.63) is 65.5 Å². The summed E-state index contributed by atoms with van der Waals surface area (Å²) in [6, 6.07) is 10.6. The largest absolute Gasteiger partial charge is 0.416 e. The van der Waals surface area contributed by atoms with Crippen LogP contribution in [-0.4, -0.2) is 4.98 Å². The minimum atomic E-state index is -4.35. The second-order valence-electron chi connectivity index (χ2n) is 4.95. The normalized spacial score (nSPS) is 14.7. The monoisotopic (exact) mass is 294 g/mol. The van der Waals surface area contributed by atoms with Gasteiger partial charge in [0.2, 0.25) is 0 Å². The Labute approximate surface area is 122 Å². The van der Waals surface area contributed by atoms with Crippen molar-refractivity contribution in [3.63, 3.8) is 0 Å². The van der Waals surface area contributed by atoms with Crippen LogP contribution in [0.1, 0.15) is 42.8 Å². The molecule has 0 fully saturated rings. The van der Waals surface area contributed by atoms with Gasteiger partial charge in [0.1, 0.15) is 0 Å². The Morgan fingerprint density at radius 1 is 0.952 bits per heavy atom. The van der Waals surface area contributed by atoms with E-state index in [1.807, 2.05) is 19.1 Å². The molecule has 0 aliphatic carbocycles. The molecule has 1 aromatic carbocycles. The van der Waals surface area contributed by atoms with Crippen LogP contribution in [0.15, 0.2) is 48.7 Å². The molecule has 2 nitrogen and oxygen atoms in total. The minimum absolute atomic E-state index is 0.137. The molecule has 0 amide bonds. The number of nitrogens with zero attached hydrogens (tertiary/aromatic N) is 1. The van der Waals surface area contributed by atoms with Crippen molar-refractivity contribution in [2.45, 2.75) is 32.1 Å². The van der Waals surface area contributed by atoms with E-state index in [4.69, 9.17) is 0 Å². The predicted molar refractivity (Wildman–Crippen MR) is 75.6 cm³/mol. The number of hydrogen-bond acceptors (Lipinski definition) is 2. The Bertz CT molecular complexity index is 582. The molecular formula is C16H17F3N2. The Kier molecular flexibility index (Phi) is 4.63. The quantitative estimate of drug-likeness (QED) is 0.897. The molecule has 0 radical (unpaired) electrons. The minimum Gasteiger partial charge on any atom is -0.302 e. The molecular weight excluding hydrogens is 277 g/mol. The third-order valence-corrected chi connectivity index (χ3v) is 3.36. The maximum atomic E-state index is 13.0. The first-order valence-corrected chi connectivity index (χ1v) is 6.72. The van der Waals surface area contributed by atoms with Crippen LogP contribution in [0.5, 0.6) is 0 Å². The van der Waals surface area contributed by atoms with E-state index in [-0.39, 0.29) is 11.6 Å². The van der Waals surface area contributed by atoms with E-state index in [0.717, 1.165) is 11.8 Å². The van der Waals surface area contributed by atoms with Gasteiger partial charge in [0.15, 0.2) is 0 Å². The van der Waals surface area contributed by atoms with E-state index in [0.29, 0.717) is 0 Å². The maximum absolute atomic E-state index is 13.0. The number of halogens is 3. The summed E-state index contributed by atoms with van der Waals surface area (Å²) in [6.07, 6.45) is -2.68. The number of nitrogens with one attached hydrogen (secondary N) is 1. The molecule has 1 aromatic heterocycles. The van der Waals surface area contributed by atoms with Crippen LogP contribution in [0, 0.1) is 0 Å². The van der Waals surface area contributed by atoms with Crippen LogP contribution in [0.4, 0.5) is 13.2 Å². The summed E-state index contributed by atoms with van der Waals surface area (Å²) in [5, 5.41) is 3.16. The molecule has 2 atom stereocenters. The van der Waals surface area contributed by atoms with Crippen LogP contribution in [0.2, 0.25) is 0 Å². The summed E-state index contributed by atoms with van der Waals surface area (Å²) in [5.74, 6) is 0. The molecule has 0 saturated carbocycles. The van der Waals surface area contributed by atoms with E-state index < -0.39 is 17.8 Å². The zero-order valence-electron chi connectivity index (χ0n) is 11.9. The van der Waals surface area contributed by atoms with Crippen molar-refractivity contribution in [1.29, 1.82) is 0 Å². The number of hydrogen-bond donors (Lipinski definition) is 1. The van der Waals surface area contributed by atoms with Crippen molar-refractivity contribution < 1.29 is 13.2 Å². The topological polar surface area (TPSA) is 24.9 Å². The van der Waals surface area contributed by atoms with Crippen LogP contribution in [0.25, 0.3) is 0 Å². The fraction of sp³-hybridized carbons (Fsp3) is 0.312. The van der Waals surface area contributed by atoms with Gasteiger partial charge in [0.05, 0.1) is 11.3 Å². The number of rotatable bonds is 4. The average Bonchev–Trinajstić information content (AvgIpc) is 2.47. The summed E-state index contributed by atoms with van der Waals surface area (Å²) < 4.78 is 39.1. The lowest BCUT2D eigenvalue weighted by atomic mass is 10.00. The molecule has 1 unspecified atom stereocenters. The molecule has 0 aliphatic heterocycles. The highest BCUT2D eigenvalue weighted by atomic mass is 19.4. The molecule has 0 spiro atoms. The second-order valence-corrected chi connectivity index (χ2v) is 4.95. The van der Waals surface area contributed by atoms with E-state index in [1.165, 1.54) is 12.1 Å². The summed E-state index contributed by atoms with van der Waals surface area (Å²) in [6.45, 7) is 3.61. The fourth-order valence-electron chi connectivity index (χ4n) is 2.32. The Balaban J connectivity index is 2.20. The van der Waals surface area contributed by atoms with Crippen LogP contribution in [-0.2, 0) is 6.18 Å². The van der Waals surface area contributed by atoms with Crippen molar-refractivity contribution in [2.75, 3.05) is 0 Å². The van der Waals surface area contributed by atoms with Crippen molar-refractivity contribution in [2.24, 2.45) is 0 Å². The highest BCUT2D eigenvalue weighted by Crippen LogP contribution is 2.34. The zero-order valence-corrected chi connectivity index (χ0v) is 11.9. The van der Waals surface area contributed by atoms with Crippen molar-refractivity contribution >= 4 is 0 Å². The number of benzene rings is 1. The lowest BCUT2D eigenvalue weighted by molar-refractivity contribution is -0.138. The summed E-state index contributed by atoms with van der Waals surface area (Å²) in [7, 11) is 0. The molecule has 21 heavy (non-hydrogen) atoms. The van der Waals surface area contributed by atoms with Crippen LogP contribution < -0.4 is 5.32 Å². The lowest BCUT2D eigenvalue weighted by Gasteiger charge is -2.23. The molecule has 0 saturated heterocycles.